The molecule has 1 amide bonds. The number of amides is 1. The molecule has 0 aromatic rings. The maximum atomic E-state index is 11.2. The fourth-order valence-electron chi connectivity index (χ4n) is 0.782. The topological polar surface area (TPSA) is 75.6 Å². The first-order valence-corrected chi connectivity index (χ1v) is 6.65. The standard InChI is InChI=1S/C9H20NO4P/c1-5-15(12,13)14-7-9(3,4)6-10-8(2)11/h5-7H2,1-4H3,(H,10,11)(H,12,13). The summed E-state index contributed by atoms with van der Waals surface area (Å²) in [4.78, 5) is 19.9. The van der Waals surface area contributed by atoms with E-state index in [2.05, 4.69) is 5.32 Å². The van der Waals surface area contributed by atoms with E-state index in [0.29, 0.717) is 6.54 Å². The third kappa shape index (κ3) is 7.54. The average Bonchev–Trinajstić information content (AvgIpc) is 2.13. The molecule has 1 atom stereocenters. The van der Waals surface area contributed by atoms with E-state index in [0.717, 1.165) is 0 Å². The monoisotopic (exact) mass is 237 g/mol. The van der Waals surface area contributed by atoms with Crippen LogP contribution < -0.4 is 5.32 Å². The molecular weight excluding hydrogens is 217 g/mol. The highest BCUT2D eigenvalue weighted by atomic mass is 31.2. The Morgan fingerprint density at radius 2 is 2.07 bits per heavy atom. The highest BCUT2D eigenvalue weighted by Crippen LogP contribution is 2.42. The minimum atomic E-state index is -3.43. The van der Waals surface area contributed by atoms with Crippen molar-refractivity contribution in [3.63, 3.8) is 0 Å². The van der Waals surface area contributed by atoms with Crippen LogP contribution in [0.4, 0.5) is 0 Å². The van der Waals surface area contributed by atoms with Gasteiger partial charge in [0.2, 0.25) is 5.91 Å². The van der Waals surface area contributed by atoms with E-state index in [-0.39, 0.29) is 24.1 Å². The van der Waals surface area contributed by atoms with Gasteiger partial charge < -0.3 is 14.7 Å². The largest absolute Gasteiger partial charge is 0.356 e. The average molecular weight is 237 g/mol. The number of hydrogen-bond donors (Lipinski definition) is 2. The number of carbonyl (C=O) groups excluding carboxylic acids is 1. The zero-order valence-corrected chi connectivity index (χ0v) is 10.6. The van der Waals surface area contributed by atoms with Gasteiger partial charge in [0, 0.05) is 25.0 Å². The smallest absolute Gasteiger partial charge is 0.327 e. The molecule has 0 bridgehead atoms. The quantitative estimate of drug-likeness (QED) is 0.684. The molecule has 6 heteroatoms. The summed E-state index contributed by atoms with van der Waals surface area (Å²) in [7, 11) is -3.43. The van der Waals surface area contributed by atoms with Crippen LogP contribution in [-0.2, 0) is 13.9 Å². The highest BCUT2D eigenvalue weighted by molar-refractivity contribution is 7.52. The summed E-state index contributed by atoms with van der Waals surface area (Å²) >= 11 is 0. The van der Waals surface area contributed by atoms with Gasteiger partial charge in [-0.2, -0.15) is 0 Å². The van der Waals surface area contributed by atoms with Crippen LogP contribution >= 0.6 is 7.60 Å². The molecule has 0 rings (SSSR count). The lowest BCUT2D eigenvalue weighted by molar-refractivity contribution is -0.119. The predicted molar refractivity (Wildman–Crippen MR) is 58.8 cm³/mol. The molecular formula is C9H20NO4P. The number of nitrogens with one attached hydrogen (secondary N) is 1. The third-order valence-electron chi connectivity index (χ3n) is 1.87. The van der Waals surface area contributed by atoms with Crippen LogP contribution in [0.5, 0.6) is 0 Å². The maximum absolute atomic E-state index is 11.2. The van der Waals surface area contributed by atoms with Crippen LogP contribution in [-0.4, -0.2) is 30.1 Å². The molecule has 0 aromatic carbocycles. The summed E-state index contributed by atoms with van der Waals surface area (Å²) in [6.45, 7) is 7.32. The van der Waals surface area contributed by atoms with Gasteiger partial charge in [0.25, 0.3) is 0 Å². The van der Waals surface area contributed by atoms with E-state index in [1.165, 1.54) is 6.92 Å². The Labute approximate surface area is 90.7 Å². The summed E-state index contributed by atoms with van der Waals surface area (Å²) in [5.74, 6) is -0.120. The molecule has 0 aliphatic carbocycles. The molecule has 2 N–H and O–H groups in total. The molecule has 15 heavy (non-hydrogen) atoms. The van der Waals surface area contributed by atoms with Crippen LogP contribution in [0.1, 0.15) is 27.7 Å². The third-order valence-corrected chi connectivity index (χ3v) is 3.20. The lowest BCUT2D eigenvalue weighted by atomic mass is 9.95. The van der Waals surface area contributed by atoms with Crippen LogP contribution in [0.25, 0.3) is 0 Å². The van der Waals surface area contributed by atoms with Crippen LogP contribution in [0.15, 0.2) is 0 Å². The van der Waals surface area contributed by atoms with Crippen molar-refractivity contribution in [1.82, 2.24) is 5.32 Å². The van der Waals surface area contributed by atoms with Gasteiger partial charge in [-0.3, -0.25) is 9.36 Å². The number of carbonyl (C=O) groups is 1. The Morgan fingerprint density at radius 1 is 1.53 bits per heavy atom. The number of rotatable bonds is 6. The minimum absolute atomic E-state index is 0.100. The van der Waals surface area contributed by atoms with Crippen molar-refractivity contribution >= 4 is 13.5 Å². The zero-order valence-electron chi connectivity index (χ0n) is 9.74. The van der Waals surface area contributed by atoms with Crippen molar-refractivity contribution in [2.24, 2.45) is 5.41 Å². The molecule has 0 radical (unpaired) electrons. The molecule has 1 unspecified atom stereocenters. The van der Waals surface area contributed by atoms with E-state index < -0.39 is 7.60 Å². The van der Waals surface area contributed by atoms with E-state index in [1.807, 2.05) is 13.8 Å². The summed E-state index contributed by atoms with van der Waals surface area (Å²) < 4.78 is 16.1. The normalized spacial score (nSPS) is 15.8. The summed E-state index contributed by atoms with van der Waals surface area (Å²) in [5, 5.41) is 2.65. The maximum Gasteiger partial charge on any atom is 0.327 e. The first-order valence-electron chi connectivity index (χ1n) is 4.89. The van der Waals surface area contributed by atoms with Crippen molar-refractivity contribution in [3.8, 4) is 0 Å². The van der Waals surface area contributed by atoms with Gasteiger partial charge >= 0.3 is 7.60 Å². The van der Waals surface area contributed by atoms with Crippen molar-refractivity contribution < 1.29 is 18.8 Å². The van der Waals surface area contributed by atoms with Gasteiger partial charge in [0.15, 0.2) is 0 Å². The van der Waals surface area contributed by atoms with Gasteiger partial charge in [0.1, 0.15) is 0 Å². The molecule has 0 saturated carbocycles. The fourth-order valence-corrected chi connectivity index (χ4v) is 1.52. The summed E-state index contributed by atoms with van der Waals surface area (Å²) in [5.41, 5.74) is -0.348. The van der Waals surface area contributed by atoms with Gasteiger partial charge in [-0.15, -0.1) is 0 Å². The van der Waals surface area contributed by atoms with E-state index >= 15 is 0 Å². The van der Waals surface area contributed by atoms with Crippen LogP contribution in [0.2, 0.25) is 0 Å². The molecule has 0 saturated heterocycles. The van der Waals surface area contributed by atoms with E-state index in [4.69, 9.17) is 4.52 Å². The first-order chi connectivity index (χ1) is 6.68. The van der Waals surface area contributed by atoms with Gasteiger partial charge in [-0.1, -0.05) is 20.8 Å². The van der Waals surface area contributed by atoms with Gasteiger partial charge in [0.05, 0.1) is 6.61 Å². The van der Waals surface area contributed by atoms with Crippen molar-refractivity contribution in [2.45, 2.75) is 27.7 Å². The summed E-state index contributed by atoms with van der Waals surface area (Å²) in [6.07, 6.45) is 0.100. The molecule has 90 valence electrons. The number of hydrogen-bond acceptors (Lipinski definition) is 3. The van der Waals surface area contributed by atoms with Gasteiger partial charge in [-0.25, -0.2) is 0 Å². The molecule has 0 aliphatic heterocycles. The minimum Gasteiger partial charge on any atom is -0.356 e. The molecule has 0 heterocycles. The Bertz CT molecular complexity index is 265. The van der Waals surface area contributed by atoms with Crippen molar-refractivity contribution in [2.75, 3.05) is 19.3 Å². The molecule has 0 aliphatic rings. The van der Waals surface area contributed by atoms with E-state index in [9.17, 15) is 14.3 Å². The second-order valence-electron chi connectivity index (χ2n) is 4.30. The summed E-state index contributed by atoms with van der Waals surface area (Å²) in [6, 6.07) is 0. The van der Waals surface area contributed by atoms with E-state index in [1.54, 1.807) is 6.92 Å². The lowest BCUT2D eigenvalue weighted by Crippen LogP contribution is -2.35. The Balaban J connectivity index is 4.04. The second kappa shape index (κ2) is 5.64. The Kier molecular flexibility index (Phi) is 5.49. The molecule has 0 aromatic heterocycles. The first kappa shape index (κ1) is 14.6. The lowest BCUT2D eigenvalue weighted by Gasteiger charge is -2.25. The molecule has 0 spiro atoms. The fraction of sp³-hybridized carbons (Fsp3) is 0.889. The SMILES string of the molecule is CCP(=O)(O)OCC(C)(C)CNC(C)=O. The second-order valence-corrected chi connectivity index (χ2v) is 6.47. The van der Waals surface area contributed by atoms with Crippen LogP contribution in [0, 0.1) is 5.41 Å². The predicted octanol–water partition coefficient (Wildman–Crippen LogP) is 1.37. The zero-order chi connectivity index (χ0) is 12.1. The molecule has 0 fully saturated rings. The van der Waals surface area contributed by atoms with Crippen LogP contribution in [0.3, 0.4) is 0 Å². The van der Waals surface area contributed by atoms with Crippen molar-refractivity contribution in [1.29, 1.82) is 0 Å². The Morgan fingerprint density at radius 3 is 2.47 bits per heavy atom. The highest BCUT2D eigenvalue weighted by Gasteiger charge is 2.24. The Hall–Kier alpha value is -0.380. The van der Waals surface area contributed by atoms with Gasteiger partial charge in [-0.05, 0) is 0 Å². The van der Waals surface area contributed by atoms with Crippen molar-refractivity contribution in [3.05, 3.63) is 0 Å². The molecule has 5 nitrogen and oxygen atoms in total.